The van der Waals surface area contributed by atoms with Crippen molar-refractivity contribution < 1.29 is 14.6 Å². The Bertz CT molecular complexity index is 429. The highest BCUT2D eigenvalue weighted by Crippen LogP contribution is 2.20. The Morgan fingerprint density at radius 3 is 2.74 bits per heavy atom. The number of nitrogens with one attached hydrogen (secondary N) is 1. The van der Waals surface area contributed by atoms with E-state index in [9.17, 15) is 9.90 Å². The van der Waals surface area contributed by atoms with Crippen LogP contribution in [0.15, 0.2) is 24.3 Å². The van der Waals surface area contributed by atoms with E-state index in [1.165, 1.54) is 0 Å². The molecule has 106 valence electrons. The van der Waals surface area contributed by atoms with Crippen molar-refractivity contribution in [1.82, 2.24) is 5.32 Å². The number of aliphatic hydroxyl groups is 1. The molecule has 1 aromatic rings. The molecule has 1 atom stereocenters. The standard InChI is InChI=1S/C15H23NO3/c1-5-9-15(2,3)16-14(18)13(17)11-7-6-8-12(10-11)19-4/h6-8,10,13,17H,5,9H2,1-4H3,(H,16,18). The van der Waals surface area contributed by atoms with Gasteiger partial charge in [-0.15, -0.1) is 0 Å². The predicted molar refractivity (Wildman–Crippen MR) is 75.1 cm³/mol. The molecule has 1 rings (SSSR count). The highest BCUT2D eigenvalue weighted by atomic mass is 16.5. The molecule has 0 aliphatic carbocycles. The van der Waals surface area contributed by atoms with Crippen LogP contribution in [0.3, 0.4) is 0 Å². The topological polar surface area (TPSA) is 58.6 Å². The van der Waals surface area contributed by atoms with E-state index in [2.05, 4.69) is 12.2 Å². The monoisotopic (exact) mass is 265 g/mol. The van der Waals surface area contributed by atoms with Gasteiger partial charge in [-0.05, 0) is 38.0 Å². The summed E-state index contributed by atoms with van der Waals surface area (Å²) in [5.41, 5.74) is 0.218. The zero-order valence-corrected chi connectivity index (χ0v) is 12.1. The fourth-order valence-electron chi connectivity index (χ4n) is 2.05. The molecular weight excluding hydrogens is 242 g/mol. The van der Waals surface area contributed by atoms with Crippen molar-refractivity contribution >= 4 is 5.91 Å². The smallest absolute Gasteiger partial charge is 0.253 e. The SMILES string of the molecule is CCCC(C)(C)NC(=O)C(O)c1cccc(OC)c1. The summed E-state index contributed by atoms with van der Waals surface area (Å²) in [6, 6.07) is 6.90. The van der Waals surface area contributed by atoms with Gasteiger partial charge in [-0.3, -0.25) is 4.79 Å². The van der Waals surface area contributed by atoms with Crippen LogP contribution in [0.2, 0.25) is 0 Å². The maximum atomic E-state index is 12.0. The molecular formula is C15H23NO3. The molecule has 1 aromatic carbocycles. The minimum Gasteiger partial charge on any atom is -0.497 e. The third-order valence-electron chi connectivity index (χ3n) is 2.99. The molecule has 0 heterocycles. The lowest BCUT2D eigenvalue weighted by molar-refractivity contribution is -0.131. The van der Waals surface area contributed by atoms with Crippen molar-refractivity contribution in [2.45, 2.75) is 45.3 Å². The van der Waals surface area contributed by atoms with Crippen molar-refractivity contribution in [3.05, 3.63) is 29.8 Å². The second-order valence-corrected chi connectivity index (χ2v) is 5.30. The zero-order valence-electron chi connectivity index (χ0n) is 12.1. The molecule has 0 saturated carbocycles. The minimum atomic E-state index is -1.17. The molecule has 1 amide bonds. The van der Waals surface area contributed by atoms with Crippen molar-refractivity contribution in [3.63, 3.8) is 0 Å². The number of amides is 1. The molecule has 0 bridgehead atoms. The van der Waals surface area contributed by atoms with Crippen LogP contribution in [0, 0.1) is 0 Å². The van der Waals surface area contributed by atoms with Crippen LogP contribution in [0.1, 0.15) is 45.3 Å². The van der Waals surface area contributed by atoms with Crippen molar-refractivity contribution in [2.24, 2.45) is 0 Å². The second-order valence-electron chi connectivity index (χ2n) is 5.30. The van der Waals surface area contributed by atoms with Crippen LogP contribution in [0.4, 0.5) is 0 Å². The van der Waals surface area contributed by atoms with Crippen LogP contribution in [0.5, 0.6) is 5.75 Å². The molecule has 0 aromatic heterocycles. The molecule has 1 unspecified atom stereocenters. The number of aliphatic hydroxyl groups excluding tert-OH is 1. The fourth-order valence-corrected chi connectivity index (χ4v) is 2.05. The molecule has 0 spiro atoms. The number of ether oxygens (including phenoxy) is 1. The van der Waals surface area contributed by atoms with Gasteiger partial charge in [0.1, 0.15) is 5.75 Å². The number of carbonyl (C=O) groups is 1. The average molecular weight is 265 g/mol. The molecule has 0 aliphatic heterocycles. The summed E-state index contributed by atoms with van der Waals surface area (Å²) in [6.45, 7) is 5.96. The Kier molecular flexibility index (Phi) is 5.36. The lowest BCUT2D eigenvalue weighted by Gasteiger charge is -2.27. The first-order chi connectivity index (χ1) is 8.89. The van der Waals surface area contributed by atoms with Gasteiger partial charge in [0.05, 0.1) is 7.11 Å². The van der Waals surface area contributed by atoms with Crippen LogP contribution in [-0.4, -0.2) is 23.7 Å². The number of hydrogen-bond acceptors (Lipinski definition) is 3. The Morgan fingerprint density at radius 1 is 1.47 bits per heavy atom. The lowest BCUT2D eigenvalue weighted by Crippen LogP contribution is -2.45. The Morgan fingerprint density at radius 2 is 2.16 bits per heavy atom. The highest BCUT2D eigenvalue weighted by molar-refractivity contribution is 5.82. The van der Waals surface area contributed by atoms with Gasteiger partial charge in [0, 0.05) is 5.54 Å². The van der Waals surface area contributed by atoms with E-state index in [0.717, 1.165) is 12.8 Å². The summed E-state index contributed by atoms with van der Waals surface area (Å²) in [6.07, 6.45) is 0.665. The quantitative estimate of drug-likeness (QED) is 0.830. The van der Waals surface area contributed by atoms with Crippen LogP contribution in [-0.2, 0) is 4.79 Å². The number of carbonyl (C=O) groups excluding carboxylic acids is 1. The van der Waals surface area contributed by atoms with E-state index in [4.69, 9.17) is 4.74 Å². The number of hydrogen-bond donors (Lipinski definition) is 2. The normalized spacial score (nSPS) is 12.9. The molecule has 2 N–H and O–H groups in total. The largest absolute Gasteiger partial charge is 0.497 e. The van der Waals surface area contributed by atoms with Gasteiger partial charge < -0.3 is 15.2 Å². The molecule has 4 nitrogen and oxygen atoms in total. The van der Waals surface area contributed by atoms with Gasteiger partial charge in [-0.25, -0.2) is 0 Å². The molecule has 0 aliphatic rings. The molecule has 19 heavy (non-hydrogen) atoms. The Balaban J connectivity index is 2.76. The molecule has 4 heteroatoms. The first kappa shape index (κ1) is 15.5. The lowest BCUT2D eigenvalue weighted by atomic mass is 9.98. The number of benzene rings is 1. The summed E-state index contributed by atoms with van der Waals surface area (Å²) in [5, 5.41) is 12.9. The fraction of sp³-hybridized carbons (Fsp3) is 0.533. The third kappa shape index (κ3) is 4.56. The van der Waals surface area contributed by atoms with Gasteiger partial charge in [0.25, 0.3) is 5.91 Å². The van der Waals surface area contributed by atoms with Crippen LogP contribution >= 0.6 is 0 Å². The summed E-state index contributed by atoms with van der Waals surface area (Å²) in [7, 11) is 1.55. The zero-order chi connectivity index (χ0) is 14.5. The van der Waals surface area contributed by atoms with Crippen LogP contribution in [0.25, 0.3) is 0 Å². The Labute approximate surface area is 114 Å². The highest BCUT2D eigenvalue weighted by Gasteiger charge is 2.25. The summed E-state index contributed by atoms with van der Waals surface area (Å²) in [4.78, 5) is 12.0. The molecule has 0 radical (unpaired) electrons. The predicted octanol–water partition coefficient (Wildman–Crippen LogP) is 2.42. The van der Waals surface area contributed by atoms with E-state index in [1.807, 2.05) is 13.8 Å². The van der Waals surface area contributed by atoms with E-state index >= 15 is 0 Å². The summed E-state index contributed by atoms with van der Waals surface area (Å²) in [5.74, 6) is 0.240. The second kappa shape index (κ2) is 6.57. The van der Waals surface area contributed by atoms with Gasteiger partial charge in [0.15, 0.2) is 6.10 Å². The van der Waals surface area contributed by atoms with Crippen molar-refractivity contribution in [2.75, 3.05) is 7.11 Å². The van der Waals surface area contributed by atoms with Gasteiger partial charge >= 0.3 is 0 Å². The minimum absolute atomic E-state index is 0.314. The summed E-state index contributed by atoms with van der Waals surface area (Å²) >= 11 is 0. The van der Waals surface area contributed by atoms with Crippen molar-refractivity contribution in [1.29, 1.82) is 0 Å². The van der Waals surface area contributed by atoms with E-state index < -0.39 is 6.10 Å². The number of methoxy groups -OCH3 is 1. The third-order valence-corrected chi connectivity index (χ3v) is 2.99. The summed E-state index contributed by atoms with van der Waals surface area (Å²) < 4.78 is 5.08. The average Bonchev–Trinajstić information content (AvgIpc) is 2.37. The van der Waals surface area contributed by atoms with E-state index in [-0.39, 0.29) is 11.4 Å². The Hall–Kier alpha value is -1.55. The molecule has 0 fully saturated rings. The number of rotatable bonds is 6. The van der Waals surface area contributed by atoms with E-state index in [0.29, 0.717) is 11.3 Å². The van der Waals surface area contributed by atoms with Crippen LogP contribution < -0.4 is 10.1 Å². The maximum absolute atomic E-state index is 12.0. The molecule has 0 saturated heterocycles. The van der Waals surface area contributed by atoms with Crippen molar-refractivity contribution in [3.8, 4) is 5.75 Å². The van der Waals surface area contributed by atoms with E-state index in [1.54, 1.807) is 31.4 Å². The van der Waals surface area contributed by atoms with Gasteiger partial charge in [-0.2, -0.15) is 0 Å². The van der Waals surface area contributed by atoms with Gasteiger partial charge in [0.2, 0.25) is 0 Å². The first-order valence-electron chi connectivity index (χ1n) is 6.53. The van der Waals surface area contributed by atoms with Gasteiger partial charge in [-0.1, -0.05) is 25.5 Å². The first-order valence-corrected chi connectivity index (χ1v) is 6.53. The maximum Gasteiger partial charge on any atom is 0.253 e.